The van der Waals surface area contributed by atoms with Gasteiger partial charge in [-0.1, -0.05) is 24.3 Å². The third kappa shape index (κ3) is 4.85. The van der Waals surface area contributed by atoms with Crippen LogP contribution in [-0.2, 0) is 18.9 Å². The molecule has 30 heavy (non-hydrogen) atoms. The number of methoxy groups -OCH3 is 2. The zero-order valence-corrected chi connectivity index (χ0v) is 17.0. The minimum Gasteiger partial charge on any atom is -0.467 e. The molecule has 0 N–H and O–H groups in total. The molecule has 0 fully saturated rings. The van der Waals surface area contributed by atoms with Crippen LogP contribution in [0.4, 0.5) is 0 Å². The van der Waals surface area contributed by atoms with Gasteiger partial charge < -0.3 is 28.4 Å². The lowest BCUT2D eigenvalue weighted by Crippen LogP contribution is -2.23. The van der Waals surface area contributed by atoms with Crippen LogP contribution in [0.15, 0.2) is 36.4 Å². The van der Waals surface area contributed by atoms with Gasteiger partial charge in [-0.15, -0.1) is 0 Å². The van der Waals surface area contributed by atoms with Crippen molar-refractivity contribution in [1.82, 2.24) is 0 Å². The minimum atomic E-state index is -0.308. The van der Waals surface area contributed by atoms with Gasteiger partial charge in [0.15, 0.2) is 25.2 Å². The Morgan fingerprint density at radius 2 is 1.07 bits per heavy atom. The summed E-state index contributed by atoms with van der Waals surface area (Å²) in [6.45, 7) is 1.35. The first-order valence-electron chi connectivity index (χ1n) is 9.43. The van der Waals surface area contributed by atoms with E-state index in [1.54, 1.807) is 50.6 Å². The summed E-state index contributed by atoms with van der Waals surface area (Å²) in [6, 6.07) is 9.85. The summed E-state index contributed by atoms with van der Waals surface area (Å²) in [7, 11) is 3.14. The summed E-state index contributed by atoms with van der Waals surface area (Å²) in [6.07, 6.45) is 0. The fraction of sp³-hybridized carbons (Fsp3) is 0.364. The molecule has 0 unspecified atom stereocenters. The molecule has 0 aromatic heterocycles. The van der Waals surface area contributed by atoms with Crippen LogP contribution < -0.4 is 9.47 Å². The van der Waals surface area contributed by atoms with Crippen molar-refractivity contribution >= 4 is 11.6 Å². The van der Waals surface area contributed by atoms with Gasteiger partial charge in [0, 0.05) is 25.3 Å². The van der Waals surface area contributed by atoms with Gasteiger partial charge in [0.2, 0.25) is 0 Å². The highest BCUT2D eigenvalue weighted by molar-refractivity contribution is 6.30. The number of hydrogen-bond acceptors (Lipinski definition) is 8. The van der Waals surface area contributed by atoms with E-state index < -0.39 is 0 Å². The normalized spacial score (nSPS) is 12.5. The quantitative estimate of drug-likeness (QED) is 0.329. The van der Waals surface area contributed by atoms with Gasteiger partial charge >= 0.3 is 0 Å². The van der Waals surface area contributed by atoms with E-state index in [1.165, 1.54) is 0 Å². The van der Waals surface area contributed by atoms with Crippen LogP contribution >= 0.6 is 0 Å². The van der Waals surface area contributed by atoms with Gasteiger partial charge in [-0.05, 0) is 12.1 Å². The van der Waals surface area contributed by atoms with Gasteiger partial charge in [0.05, 0.1) is 37.6 Å². The Morgan fingerprint density at radius 1 is 0.633 bits per heavy atom. The molecule has 0 heterocycles. The van der Waals surface area contributed by atoms with Gasteiger partial charge in [-0.3, -0.25) is 9.59 Å². The summed E-state index contributed by atoms with van der Waals surface area (Å²) >= 11 is 0. The van der Waals surface area contributed by atoms with Crippen LogP contribution in [0.3, 0.4) is 0 Å². The molecule has 0 amide bonds. The van der Waals surface area contributed by atoms with E-state index in [2.05, 4.69) is 0 Å². The fourth-order valence-corrected chi connectivity index (χ4v) is 3.02. The molecule has 0 spiro atoms. The number of fused-ring (bicyclic) bond motifs is 2. The van der Waals surface area contributed by atoms with Gasteiger partial charge in [0.1, 0.15) is 11.5 Å². The van der Waals surface area contributed by atoms with Crippen LogP contribution in [0.25, 0.3) is 0 Å². The van der Waals surface area contributed by atoms with E-state index in [4.69, 9.17) is 28.4 Å². The van der Waals surface area contributed by atoms with E-state index >= 15 is 0 Å². The Hall–Kier alpha value is -2.78. The molecule has 0 saturated carbocycles. The molecule has 8 heteroatoms. The molecule has 0 radical (unpaired) electrons. The molecule has 2 aromatic carbocycles. The third-order valence-electron chi connectivity index (χ3n) is 4.46. The Balaban J connectivity index is 1.88. The fourth-order valence-electron chi connectivity index (χ4n) is 3.02. The van der Waals surface area contributed by atoms with Crippen LogP contribution in [0.1, 0.15) is 31.8 Å². The van der Waals surface area contributed by atoms with Crippen molar-refractivity contribution in [3.8, 4) is 11.5 Å². The maximum Gasteiger partial charge on any atom is 0.198 e. The van der Waals surface area contributed by atoms with Crippen molar-refractivity contribution in [2.45, 2.75) is 0 Å². The summed E-state index contributed by atoms with van der Waals surface area (Å²) in [5.74, 6) is -0.110. The Kier molecular flexibility index (Phi) is 7.92. The van der Waals surface area contributed by atoms with Crippen molar-refractivity contribution in [2.75, 3.05) is 54.2 Å². The smallest absolute Gasteiger partial charge is 0.198 e. The SMILES string of the molecule is COCCOCOc1ccc(OCOCCOC)c2c1C(=O)c1ccccc1C2=O. The largest absolute Gasteiger partial charge is 0.467 e. The maximum atomic E-state index is 13.2. The second-order valence-corrected chi connectivity index (χ2v) is 6.34. The minimum absolute atomic E-state index is 0.0841. The molecule has 0 bridgehead atoms. The third-order valence-corrected chi connectivity index (χ3v) is 4.46. The zero-order valence-electron chi connectivity index (χ0n) is 17.0. The zero-order chi connectivity index (χ0) is 21.3. The van der Waals surface area contributed by atoms with Gasteiger partial charge in [-0.2, -0.15) is 0 Å². The number of carbonyl (C=O) groups is 2. The molecule has 1 aliphatic carbocycles. The Labute approximate surface area is 174 Å². The van der Waals surface area contributed by atoms with Crippen molar-refractivity contribution in [2.24, 2.45) is 0 Å². The first-order chi connectivity index (χ1) is 14.7. The Bertz CT molecular complexity index is 821. The number of hydrogen-bond donors (Lipinski definition) is 0. The molecule has 0 atom stereocenters. The molecule has 2 aromatic rings. The number of ketones is 2. The Morgan fingerprint density at radius 3 is 1.47 bits per heavy atom. The van der Waals surface area contributed by atoms with Crippen LogP contribution in [-0.4, -0.2) is 65.8 Å². The van der Waals surface area contributed by atoms with Crippen molar-refractivity contribution in [3.05, 3.63) is 58.7 Å². The number of rotatable bonds is 12. The summed E-state index contributed by atoms with van der Waals surface area (Å²) in [4.78, 5) is 26.4. The van der Waals surface area contributed by atoms with Crippen LogP contribution in [0.5, 0.6) is 11.5 Å². The molecular formula is C22H24O8. The average Bonchev–Trinajstić information content (AvgIpc) is 2.77. The standard InChI is InChI=1S/C22H24O8/c1-25-9-11-27-13-29-17-7-8-18(30-14-28-12-10-26-2)20-19(17)21(23)15-5-3-4-6-16(15)22(20)24/h3-8H,9-14H2,1-2H3. The first-order valence-corrected chi connectivity index (χ1v) is 9.43. The topological polar surface area (TPSA) is 89.5 Å². The van der Waals surface area contributed by atoms with E-state index in [0.717, 1.165) is 0 Å². The maximum absolute atomic E-state index is 13.2. The monoisotopic (exact) mass is 416 g/mol. The lowest BCUT2D eigenvalue weighted by Gasteiger charge is -2.22. The number of ether oxygens (including phenoxy) is 6. The number of benzene rings is 2. The highest BCUT2D eigenvalue weighted by Gasteiger charge is 2.35. The summed E-state index contributed by atoms with van der Waals surface area (Å²) in [5.41, 5.74) is 0.967. The van der Waals surface area contributed by atoms with E-state index in [-0.39, 0.29) is 47.8 Å². The summed E-state index contributed by atoms with van der Waals surface area (Å²) in [5, 5.41) is 0. The average molecular weight is 416 g/mol. The second kappa shape index (κ2) is 10.8. The molecule has 8 nitrogen and oxygen atoms in total. The molecule has 1 aliphatic rings. The van der Waals surface area contributed by atoms with Crippen LogP contribution in [0, 0.1) is 0 Å². The van der Waals surface area contributed by atoms with Crippen molar-refractivity contribution < 1.29 is 38.0 Å². The van der Waals surface area contributed by atoms with E-state index in [0.29, 0.717) is 37.6 Å². The lowest BCUT2D eigenvalue weighted by atomic mass is 9.83. The number of carbonyl (C=O) groups excluding carboxylic acids is 2. The molecule has 3 rings (SSSR count). The molecule has 0 aliphatic heterocycles. The molecule has 160 valence electrons. The van der Waals surface area contributed by atoms with Gasteiger partial charge in [0.25, 0.3) is 0 Å². The van der Waals surface area contributed by atoms with E-state index in [9.17, 15) is 9.59 Å². The molecule has 0 saturated heterocycles. The lowest BCUT2D eigenvalue weighted by molar-refractivity contribution is -0.0106. The molecular weight excluding hydrogens is 392 g/mol. The predicted octanol–water partition coefficient (Wildman–Crippen LogP) is 2.46. The second-order valence-electron chi connectivity index (χ2n) is 6.34. The predicted molar refractivity (Wildman–Crippen MR) is 106 cm³/mol. The highest BCUT2D eigenvalue weighted by atomic mass is 16.7. The van der Waals surface area contributed by atoms with Crippen molar-refractivity contribution in [3.63, 3.8) is 0 Å². The first kappa shape index (κ1) is 21.9. The van der Waals surface area contributed by atoms with Crippen molar-refractivity contribution in [1.29, 1.82) is 0 Å². The van der Waals surface area contributed by atoms with E-state index in [1.807, 2.05) is 0 Å². The van der Waals surface area contributed by atoms with Gasteiger partial charge in [-0.25, -0.2) is 0 Å². The highest BCUT2D eigenvalue weighted by Crippen LogP contribution is 2.38. The van der Waals surface area contributed by atoms with Crippen LogP contribution in [0.2, 0.25) is 0 Å². The summed E-state index contributed by atoms with van der Waals surface area (Å²) < 4.78 is 31.8.